The van der Waals surface area contributed by atoms with E-state index in [1.165, 1.54) is 12.1 Å². The molecule has 1 amide bonds. The standard InChI is InChI=1S/C22H22FN3O2/c1-14(2)11-19-22(26-21(28)12-15-3-7-17(23)8-4-15)24-13-20(25-19)16-5-9-18(27)10-6-16/h3-10,13-14,27H,11-12H2,1-2H3,(H,24,26,28). The van der Waals surface area contributed by atoms with E-state index in [9.17, 15) is 14.3 Å². The molecule has 5 nitrogen and oxygen atoms in total. The molecule has 0 spiro atoms. The van der Waals surface area contributed by atoms with Crippen molar-refractivity contribution < 1.29 is 14.3 Å². The number of carbonyl (C=O) groups excluding carboxylic acids is 1. The van der Waals surface area contributed by atoms with Crippen LogP contribution >= 0.6 is 0 Å². The van der Waals surface area contributed by atoms with Gasteiger partial charge in [-0.1, -0.05) is 26.0 Å². The van der Waals surface area contributed by atoms with E-state index >= 15 is 0 Å². The summed E-state index contributed by atoms with van der Waals surface area (Å²) >= 11 is 0. The number of anilines is 1. The number of aromatic nitrogens is 2. The lowest BCUT2D eigenvalue weighted by molar-refractivity contribution is -0.115. The quantitative estimate of drug-likeness (QED) is 0.667. The Labute approximate surface area is 163 Å². The summed E-state index contributed by atoms with van der Waals surface area (Å²) in [7, 11) is 0. The van der Waals surface area contributed by atoms with Crippen molar-refractivity contribution in [2.45, 2.75) is 26.7 Å². The van der Waals surface area contributed by atoms with E-state index < -0.39 is 0 Å². The molecule has 6 heteroatoms. The van der Waals surface area contributed by atoms with Crippen molar-refractivity contribution >= 4 is 11.7 Å². The number of benzene rings is 2. The Bertz CT molecular complexity index is 955. The number of amides is 1. The molecule has 0 fully saturated rings. The smallest absolute Gasteiger partial charge is 0.229 e. The zero-order chi connectivity index (χ0) is 20.1. The Balaban J connectivity index is 1.81. The van der Waals surface area contributed by atoms with Crippen LogP contribution in [-0.2, 0) is 17.6 Å². The van der Waals surface area contributed by atoms with Crippen molar-refractivity contribution in [2.75, 3.05) is 5.32 Å². The van der Waals surface area contributed by atoms with Gasteiger partial charge >= 0.3 is 0 Å². The van der Waals surface area contributed by atoms with Gasteiger partial charge in [-0.3, -0.25) is 4.79 Å². The molecule has 0 radical (unpaired) electrons. The molecule has 144 valence electrons. The average molecular weight is 379 g/mol. The second-order valence-corrected chi connectivity index (χ2v) is 7.05. The minimum atomic E-state index is -0.334. The van der Waals surface area contributed by atoms with Gasteiger partial charge in [0.05, 0.1) is 24.0 Å². The predicted octanol–water partition coefficient (Wildman–Crippen LogP) is 4.37. The van der Waals surface area contributed by atoms with E-state index in [1.807, 2.05) is 0 Å². The number of phenols is 1. The third-order valence-electron chi connectivity index (χ3n) is 4.15. The summed E-state index contributed by atoms with van der Waals surface area (Å²) < 4.78 is 13.0. The van der Waals surface area contributed by atoms with Crippen molar-refractivity contribution in [1.82, 2.24) is 9.97 Å². The summed E-state index contributed by atoms with van der Waals surface area (Å²) in [6.07, 6.45) is 2.39. The molecule has 1 aromatic heterocycles. The molecule has 2 N–H and O–H groups in total. The number of carbonyl (C=O) groups is 1. The van der Waals surface area contributed by atoms with Crippen LogP contribution in [0.4, 0.5) is 10.2 Å². The van der Waals surface area contributed by atoms with Crippen LogP contribution in [0.3, 0.4) is 0 Å². The summed E-state index contributed by atoms with van der Waals surface area (Å²) in [4.78, 5) is 21.5. The minimum absolute atomic E-state index is 0.128. The van der Waals surface area contributed by atoms with Gasteiger partial charge in [-0.25, -0.2) is 14.4 Å². The van der Waals surface area contributed by atoms with Gasteiger partial charge in [-0.2, -0.15) is 0 Å². The number of hydrogen-bond acceptors (Lipinski definition) is 4. The fourth-order valence-electron chi connectivity index (χ4n) is 2.80. The maximum absolute atomic E-state index is 13.0. The molecule has 2 aromatic carbocycles. The van der Waals surface area contributed by atoms with Gasteiger partial charge < -0.3 is 10.4 Å². The van der Waals surface area contributed by atoms with Crippen LogP contribution in [0.25, 0.3) is 11.3 Å². The van der Waals surface area contributed by atoms with Crippen LogP contribution in [-0.4, -0.2) is 21.0 Å². The molecule has 0 atom stereocenters. The van der Waals surface area contributed by atoms with Gasteiger partial charge in [0.25, 0.3) is 0 Å². The number of nitrogens with zero attached hydrogens (tertiary/aromatic N) is 2. The van der Waals surface area contributed by atoms with Crippen LogP contribution in [0.2, 0.25) is 0 Å². The summed E-state index contributed by atoms with van der Waals surface area (Å²) in [5.41, 5.74) is 2.93. The summed E-state index contributed by atoms with van der Waals surface area (Å²) in [6.45, 7) is 4.14. The Morgan fingerprint density at radius 2 is 1.79 bits per heavy atom. The Morgan fingerprint density at radius 3 is 2.43 bits per heavy atom. The largest absolute Gasteiger partial charge is 0.508 e. The zero-order valence-corrected chi connectivity index (χ0v) is 15.8. The Hall–Kier alpha value is -3.28. The predicted molar refractivity (Wildman–Crippen MR) is 106 cm³/mol. The minimum Gasteiger partial charge on any atom is -0.508 e. The maximum atomic E-state index is 13.0. The van der Waals surface area contributed by atoms with E-state index in [-0.39, 0.29) is 23.9 Å². The molecule has 28 heavy (non-hydrogen) atoms. The van der Waals surface area contributed by atoms with Crippen LogP contribution < -0.4 is 5.32 Å². The monoisotopic (exact) mass is 379 g/mol. The Kier molecular flexibility index (Phi) is 5.99. The SMILES string of the molecule is CC(C)Cc1nc(-c2ccc(O)cc2)cnc1NC(=O)Cc1ccc(F)cc1. The van der Waals surface area contributed by atoms with Crippen LogP contribution in [0.15, 0.2) is 54.7 Å². The highest BCUT2D eigenvalue weighted by Crippen LogP contribution is 2.23. The number of halogens is 1. The second-order valence-electron chi connectivity index (χ2n) is 7.05. The van der Waals surface area contributed by atoms with E-state index in [1.54, 1.807) is 42.6 Å². The lowest BCUT2D eigenvalue weighted by Crippen LogP contribution is -2.18. The molecule has 3 aromatic rings. The van der Waals surface area contributed by atoms with Crippen molar-refractivity contribution in [2.24, 2.45) is 5.92 Å². The highest BCUT2D eigenvalue weighted by atomic mass is 19.1. The first-order valence-electron chi connectivity index (χ1n) is 9.10. The van der Waals surface area contributed by atoms with Gasteiger partial charge in [-0.05, 0) is 54.3 Å². The van der Waals surface area contributed by atoms with Gasteiger partial charge in [0.2, 0.25) is 5.91 Å². The van der Waals surface area contributed by atoms with Crippen molar-refractivity contribution in [1.29, 1.82) is 0 Å². The second kappa shape index (κ2) is 8.61. The zero-order valence-electron chi connectivity index (χ0n) is 15.8. The van der Waals surface area contributed by atoms with Crippen molar-refractivity contribution in [3.8, 4) is 17.0 Å². The van der Waals surface area contributed by atoms with Crippen LogP contribution in [0.1, 0.15) is 25.1 Å². The van der Waals surface area contributed by atoms with Crippen LogP contribution in [0, 0.1) is 11.7 Å². The van der Waals surface area contributed by atoms with Crippen LogP contribution in [0.5, 0.6) is 5.75 Å². The van der Waals surface area contributed by atoms with Gasteiger partial charge in [0.15, 0.2) is 5.82 Å². The number of aromatic hydroxyl groups is 1. The third kappa shape index (κ3) is 5.13. The number of phenolic OH excluding ortho intramolecular Hbond substituents is 1. The number of rotatable bonds is 6. The topological polar surface area (TPSA) is 75.1 Å². The van der Waals surface area contributed by atoms with Gasteiger partial charge in [0.1, 0.15) is 11.6 Å². The number of nitrogens with one attached hydrogen (secondary N) is 1. The first kappa shape index (κ1) is 19.5. The maximum Gasteiger partial charge on any atom is 0.229 e. The van der Waals surface area contributed by atoms with Gasteiger partial charge in [-0.15, -0.1) is 0 Å². The summed E-state index contributed by atoms with van der Waals surface area (Å²) in [5.74, 6) is 0.381. The normalized spacial score (nSPS) is 10.9. The van der Waals surface area contributed by atoms with E-state index in [4.69, 9.17) is 0 Å². The Morgan fingerprint density at radius 1 is 1.11 bits per heavy atom. The molecular weight excluding hydrogens is 357 g/mol. The van der Waals surface area contributed by atoms with Crippen molar-refractivity contribution in [3.05, 3.63) is 71.8 Å². The van der Waals surface area contributed by atoms with E-state index in [0.29, 0.717) is 29.5 Å². The highest BCUT2D eigenvalue weighted by Gasteiger charge is 2.14. The fraction of sp³-hybridized carbons (Fsp3) is 0.227. The number of hydrogen-bond donors (Lipinski definition) is 2. The highest BCUT2D eigenvalue weighted by molar-refractivity contribution is 5.92. The molecule has 0 aliphatic carbocycles. The fourth-order valence-corrected chi connectivity index (χ4v) is 2.80. The van der Waals surface area contributed by atoms with Crippen molar-refractivity contribution in [3.63, 3.8) is 0 Å². The molecule has 0 unspecified atom stereocenters. The molecular formula is C22H22FN3O2. The first-order valence-corrected chi connectivity index (χ1v) is 9.10. The molecule has 0 saturated heterocycles. The molecule has 3 rings (SSSR count). The first-order chi connectivity index (χ1) is 13.4. The molecule has 0 aliphatic rings. The average Bonchev–Trinajstić information content (AvgIpc) is 2.65. The van der Waals surface area contributed by atoms with E-state index in [0.717, 1.165) is 11.1 Å². The summed E-state index contributed by atoms with van der Waals surface area (Å²) in [6, 6.07) is 12.6. The molecule has 0 aliphatic heterocycles. The molecule has 0 bridgehead atoms. The van der Waals surface area contributed by atoms with E-state index in [2.05, 4.69) is 29.1 Å². The molecule has 1 heterocycles. The summed E-state index contributed by atoms with van der Waals surface area (Å²) in [5, 5.41) is 12.3. The lowest BCUT2D eigenvalue weighted by atomic mass is 10.1. The van der Waals surface area contributed by atoms with Gasteiger partial charge in [0, 0.05) is 5.56 Å². The molecule has 0 saturated carbocycles. The lowest BCUT2D eigenvalue weighted by Gasteiger charge is -2.13. The third-order valence-corrected chi connectivity index (χ3v) is 4.15.